The monoisotopic (exact) mass is 207 g/mol. The van der Waals surface area contributed by atoms with E-state index in [2.05, 4.69) is 20.4 Å². The van der Waals surface area contributed by atoms with Crippen molar-refractivity contribution in [3.8, 4) is 0 Å². The molecule has 15 heavy (non-hydrogen) atoms. The summed E-state index contributed by atoms with van der Waals surface area (Å²) in [6.45, 7) is 1.58. The van der Waals surface area contributed by atoms with Crippen LogP contribution in [0.1, 0.15) is 5.69 Å². The molecule has 0 aliphatic rings. The Hall–Kier alpha value is -1.98. The van der Waals surface area contributed by atoms with Crippen LogP contribution in [0.25, 0.3) is 0 Å². The Kier molecular flexibility index (Phi) is 2.32. The highest BCUT2D eigenvalue weighted by molar-refractivity contribution is 5.51. The van der Waals surface area contributed by atoms with Gasteiger partial charge < -0.3 is 5.32 Å². The van der Waals surface area contributed by atoms with Crippen molar-refractivity contribution >= 4 is 11.6 Å². The van der Waals surface area contributed by atoms with Crippen LogP contribution in [0.5, 0.6) is 0 Å². The van der Waals surface area contributed by atoms with Gasteiger partial charge in [-0.1, -0.05) is 0 Å². The van der Waals surface area contributed by atoms with Gasteiger partial charge in [0.05, 0.1) is 5.69 Å². The number of halogens is 1. The maximum absolute atomic E-state index is 13.5. The van der Waals surface area contributed by atoms with Crippen LogP contribution in [0, 0.1) is 12.7 Å². The van der Waals surface area contributed by atoms with E-state index < -0.39 is 5.82 Å². The molecule has 0 aromatic carbocycles. The molecule has 6 heteroatoms. The maximum Gasteiger partial charge on any atom is 0.187 e. The lowest BCUT2D eigenvalue weighted by atomic mass is 10.4. The van der Waals surface area contributed by atoms with Crippen LogP contribution in [0.2, 0.25) is 0 Å². The third-order valence-electron chi connectivity index (χ3n) is 1.92. The van der Waals surface area contributed by atoms with E-state index in [0.717, 1.165) is 0 Å². The Morgan fingerprint density at radius 3 is 2.87 bits per heavy atom. The van der Waals surface area contributed by atoms with Crippen molar-refractivity contribution in [2.75, 3.05) is 5.32 Å². The minimum absolute atomic E-state index is 0.140. The van der Waals surface area contributed by atoms with Gasteiger partial charge in [-0.15, -0.1) is 0 Å². The van der Waals surface area contributed by atoms with Crippen LogP contribution in [0.4, 0.5) is 16.0 Å². The van der Waals surface area contributed by atoms with Crippen LogP contribution in [0.3, 0.4) is 0 Å². The van der Waals surface area contributed by atoms with Gasteiger partial charge in [0, 0.05) is 19.3 Å². The fourth-order valence-electron chi connectivity index (χ4n) is 1.15. The lowest BCUT2D eigenvalue weighted by Gasteiger charge is -2.03. The van der Waals surface area contributed by atoms with Crippen molar-refractivity contribution in [2.24, 2.45) is 7.05 Å². The van der Waals surface area contributed by atoms with E-state index in [-0.39, 0.29) is 5.82 Å². The zero-order chi connectivity index (χ0) is 10.8. The third kappa shape index (κ3) is 1.93. The summed E-state index contributed by atoms with van der Waals surface area (Å²) in [4.78, 5) is 7.53. The van der Waals surface area contributed by atoms with E-state index in [1.807, 2.05) is 0 Å². The first kappa shape index (κ1) is 9.57. The van der Waals surface area contributed by atoms with Gasteiger partial charge in [0.2, 0.25) is 0 Å². The van der Waals surface area contributed by atoms with Crippen LogP contribution >= 0.6 is 0 Å². The highest BCUT2D eigenvalue weighted by Crippen LogP contribution is 2.16. The fourth-order valence-corrected chi connectivity index (χ4v) is 1.15. The zero-order valence-electron chi connectivity index (χ0n) is 8.40. The fraction of sp³-hybridized carbons (Fsp3) is 0.222. The van der Waals surface area contributed by atoms with Crippen molar-refractivity contribution in [1.82, 2.24) is 19.7 Å². The molecule has 0 unspecified atom stereocenters. The number of anilines is 2. The van der Waals surface area contributed by atoms with E-state index in [1.54, 1.807) is 30.9 Å². The van der Waals surface area contributed by atoms with Gasteiger partial charge in [0.15, 0.2) is 17.5 Å². The van der Waals surface area contributed by atoms with Gasteiger partial charge in [0.25, 0.3) is 0 Å². The molecule has 0 saturated carbocycles. The van der Waals surface area contributed by atoms with Gasteiger partial charge in [-0.2, -0.15) is 5.10 Å². The van der Waals surface area contributed by atoms with Gasteiger partial charge >= 0.3 is 0 Å². The molecule has 78 valence electrons. The lowest BCUT2D eigenvalue weighted by molar-refractivity contribution is 0.606. The quantitative estimate of drug-likeness (QED) is 0.808. The molecule has 2 heterocycles. The van der Waals surface area contributed by atoms with Gasteiger partial charge in [-0.05, 0) is 6.92 Å². The molecule has 0 bridgehead atoms. The van der Waals surface area contributed by atoms with Gasteiger partial charge in [-0.25, -0.2) is 14.4 Å². The summed E-state index contributed by atoms with van der Waals surface area (Å²) in [6.07, 6.45) is 3.07. The molecule has 0 aliphatic carbocycles. The number of hydrogen-bond acceptors (Lipinski definition) is 4. The lowest BCUT2D eigenvalue weighted by Crippen LogP contribution is -2.01. The molecule has 0 atom stereocenters. The molecule has 2 aromatic rings. The van der Waals surface area contributed by atoms with Crippen LogP contribution in [-0.2, 0) is 7.05 Å². The standard InChI is InChI=1S/C9H10FN5/c1-6-8(10)9(12-5-11-6)13-7-3-4-15(2)14-7/h3-5H,1-2H3,(H,11,12,13,14). The maximum atomic E-state index is 13.5. The van der Waals surface area contributed by atoms with Crippen molar-refractivity contribution in [3.05, 3.63) is 30.1 Å². The minimum atomic E-state index is -0.455. The van der Waals surface area contributed by atoms with Gasteiger partial charge in [0.1, 0.15) is 6.33 Å². The molecule has 5 nitrogen and oxygen atoms in total. The van der Waals surface area contributed by atoms with Crippen molar-refractivity contribution in [1.29, 1.82) is 0 Å². The molecule has 2 rings (SSSR count). The summed E-state index contributed by atoms with van der Waals surface area (Å²) in [5.74, 6) is 0.235. The number of nitrogens with zero attached hydrogens (tertiary/aromatic N) is 4. The molecule has 1 N–H and O–H groups in total. The Labute approximate surface area is 86.0 Å². The Morgan fingerprint density at radius 2 is 2.20 bits per heavy atom. The molecule has 0 aliphatic heterocycles. The summed E-state index contributed by atoms with van der Waals surface area (Å²) >= 11 is 0. The van der Waals surface area contributed by atoms with Gasteiger partial charge in [-0.3, -0.25) is 4.68 Å². The summed E-state index contributed by atoms with van der Waals surface area (Å²) < 4.78 is 15.1. The summed E-state index contributed by atoms with van der Waals surface area (Å²) in [6, 6.07) is 1.73. The Bertz CT molecular complexity index is 479. The van der Waals surface area contributed by atoms with Crippen molar-refractivity contribution in [3.63, 3.8) is 0 Å². The second-order valence-electron chi connectivity index (χ2n) is 3.12. The third-order valence-corrected chi connectivity index (χ3v) is 1.92. The number of hydrogen-bond donors (Lipinski definition) is 1. The first-order valence-corrected chi connectivity index (χ1v) is 4.40. The predicted octanol–water partition coefficient (Wildman–Crippen LogP) is 1.40. The highest BCUT2D eigenvalue weighted by atomic mass is 19.1. The predicted molar refractivity (Wildman–Crippen MR) is 53.2 cm³/mol. The first-order chi connectivity index (χ1) is 7.16. The number of rotatable bonds is 2. The van der Waals surface area contributed by atoms with E-state index in [1.165, 1.54) is 6.33 Å². The van der Waals surface area contributed by atoms with E-state index in [9.17, 15) is 4.39 Å². The van der Waals surface area contributed by atoms with Crippen molar-refractivity contribution in [2.45, 2.75) is 6.92 Å². The largest absolute Gasteiger partial charge is 0.321 e. The zero-order valence-corrected chi connectivity index (χ0v) is 8.40. The molecular weight excluding hydrogens is 197 g/mol. The first-order valence-electron chi connectivity index (χ1n) is 4.40. The average Bonchev–Trinajstić information content (AvgIpc) is 2.59. The second-order valence-corrected chi connectivity index (χ2v) is 3.12. The summed E-state index contributed by atoms with van der Waals surface area (Å²) in [5.41, 5.74) is 0.309. The number of aryl methyl sites for hydroxylation is 2. The van der Waals surface area contributed by atoms with Crippen molar-refractivity contribution < 1.29 is 4.39 Å². The normalized spacial score (nSPS) is 10.3. The van der Waals surface area contributed by atoms with Crippen LogP contribution in [-0.4, -0.2) is 19.7 Å². The number of nitrogens with one attached hydrogen (secondary N) is 1. The minimum Gasteiger partial charge on any atom is -0.321 e. The SMILES string of the molecule is Cc1ncnc(Nc2ccn(C)n2)c1F. The Morgan fingerprint density at radius 1 is 1.40 bits per heavy atom. The number of aromatic nitrogens is 4. The molecule has 0 radical (unpaired) electrons. The molecule has 0 amide bonds. The summed E-state index contributed by atoms with van der Waals surface area (Å²) in [5, 5.41) is 6.83. The molecular formula is C9H10FN5. The van der Waals surface area contributed by atoms with Crippen LogP contribution < -0.4 is 5.32 Å². The summed E-state index contributed by atoms with van der Waals surface area (Å²) in [7, 11) is 1.78. The van der Waals surface area contributed by atoms with Crippen LogP contribution in [0.15, 0.2) is 18.6 Å². The molecule has 0 spiro atoms. The van der Waals surface area contributed by atoms with E-state index in [4.69, 9.17) is 0 Å². The topological polar surface area (TPSA) is 55.6 Å². The van der Waals surface area contributed by atoms with E-state index >= 15 is 0 Å². The second kappa shape index (κ2) is 3.64. The smallest absolute Gasteiger partial charge is 0.187 e. The van der Waals surface area contributed by atoms with E-state index in [0.29, 0.717) is 11.5 Å². The Balaban J connectivity index is 2.28. The molecule has 0 saturated heterocycles. The molecule has 2 aromatic heterocycles. The highest BCUT2D eigenvalue weighted by Gasteiger charge is 2.08. The average molecular weight is 207 g/mol. The molecule has 0 fully saturated rings.